The summed E-state index contributed by atoms with van der Waals surface area (Å²) in [5, 5.41) is 21.7. The van der Waals surface area contributed by atoms with Crippen molar-refractivity contribution >= 4 is 5.78 Å². The molecule has 0 heterocycles. The molecule has 134 valence electrons. The van der Waals surface area contributed by atoms with Crippen LogP contribution in [-0.2, 0) is 4.79 Å². The third-order valence-electron chi connectivity index (χ3n) is 8.02. The van der Waals surface area contributed by atoms with E-state index < -0.39 is 17.6 Å². The van der Waals surface area contributed by atoms with E-state index in [0.717, 1.165) is 19.3 Å². The van der Waals surface area contributed by atoms with Gasteiger partial charge in [-0.15, -0.1) is 6.58 Å². The summed E-state index contributed by atoms with van der Waals surface area (Å²) in [7, 11) is 0. The number of hydrogen-bond acceptors (Lipinski definition) is 3. The summed E-state index contributed by atoms with van der Waals surface area (Å²) >= 11 is 0. The number of aliphatic hydroxyl groups excluding tert-OH is 2. The first kappa shape index (κ1) is 17.9. The molecule has 0 unspecified atom stereocenters. The predicted molar refractivity (Wildman–Crippen MR) is 95.4 cm³/mol. The Morgan fingerprint density at radius 2 is 1.96 bits per heavy atom. The highest BCUT2D eigenvalue weighted by molar-refractivity contribution is 5.86. The molecule has 3 heteroatoms. The molecule has 0 aromatic carbocycles. The molecule has 0 aliphatic heterocycles. The number of ketones is 1. The van der Waals surface area contributed by atoms with Crippen molar-refractivity contribution < 1.29 is 15.0 Å². The number of carbonyl (C=O) groups is 1. The van der Waals surface area contributed by atoms with Crippen molar-refractivity contribution in [2.45, 2.75) is 72.0 Å². The highest BCUT2D eigenvalue weighted by Crippen LogP contribution is 2.63. The van der Waals surface area contributed by atoms with Crippen LogP contribution in [0.25, 0.3) is 0 Å². The average molecular weight is 332 g/mol. The maximum atomic E-state index is 12.7. The Kier molecular flexibility index (Phi) is 4.12. The maximum absolute atomic E-state index is 12.7. The largest absolute Gasteiger partial charge is 0.392 e. The molecule has 3 rings (SSSR count). The molecule has 2 fully saturated rings. The smallest absolute Gasteiger partial charge is 0.141 e. The molecular formula is C21H32O3. The molecule has 3 nitrogen and oxygen atoms in total. The Labute approximate surface area is 145 Å². The van der Waals surface area contributed by atoms with Crippen molar-refractivity contribution in [2.75, 3.05) is 0 Å². The minimum Gasteiger partial charge on any atom is -0.392 e. The molecule has 3 aliphatic carbocycles. The van der Waals surface area contributed by atoms with Crippen LogP contribution in [0.3, 0.4) is 0 Å². The molecule has 2 saturated carbocycles. The van der Waals surface area contributed by atoms with Gasteiger partial charge >= 0.3 is 0 Å². The molecule has 24 heavy (non-hydrogen) atoms. The van der Waals surface area contributed by atoms with Crippen LogP contribution in [-0.4, -0.2) is 28.2 Å². The topological polar surface area (TPSA) is 57.5 Å². The lowest BCUT2D eigenvalue weighted by atomic mass is 9.43. The standard InChI is InChI=1S/C21H32O3/c1-6-19(3)12-13-8-9-15-20(4,7-2)17(23)11-18(24)21(15,5)14(13)10-16(19)22/h6,12,14-16,18,22,24H,1,7-11H2,2-5H3/t14-,15-,16+,18+,19-,20-,21-/m0/s1. The Morgan fingerprint density at radius 1 is 1.29 bits per heavy atom. The van der Waals surface area contributed by atoms with E-state index in [9.17, 15) is 15.0 Å². The highest BCUT2D eigenvalue weighted by Gasteiger charge is 2.62. The maximum Gasteiger partial charge on any atom is 0.141 e. The van der Waals surface area contributed by atoms with E-state index in [1.54, 1.807) is 0 Å². The van der Waals surface area contributed by atoms with Gasteiger partial charge in [0.2, 0.25) is 0 Å². The Bertz CT molecular complexity index is 594. The fourth-order valence-corrected chi connectivity index (χ4v) is 5.92. The molecule has 0 bridgehead atoms. The monoisotopic (exact) mass is 332 g/mol. The summed E-state index contributed by atoms with van der Waals surface area (Å²) in [6.45, 7) is 12.3. The molecule has 0 aromatic rings. The number of rotatable bonds is 2. The van der Waals surface area contributed by atoms with Crippen LogP contribution in [0.1, 0.15) is 59.8 Å². The lowest BCUT2D eigenvalue weighted by molar-refractivity contribution is -0.172. The van der Waals surface area contributed by atoms with E-state index >= 15 is 0 Å². The number of allylic oxidation sites excluding steroid dienone is 1. The third kappa shape index (κ3) is 2.13. The molecule has 7 atom stereocenters. The van der Waals surface area contributed by atoms with Gasteiger partial charge < -0.3 is 10.2 Å². The van der Waals surface area contributed by atoms with Gasteiger partial charge in [-0.25, -0.2) is 0 Å². The number of carbonyl (C=O) groups excluding carboxylic acids is 1. The number of fused-ring (bicyclic) bond motifs is 3. The van der Waals surface area contributed by atoms with Crippen LogP contribution in [0, 0.1) is 28.1 Å². The van der Waals surface area contributed by atoms with Crippen molar-refractivity contribution in [2.24, 2.45) is 28.1 Å². The van der Waals surface area contributed by atoms with Crippen molar-refractivity contribution in [1.29, 1.82) is 0 Å². The normalized spacial score (nSPS) is 51.4. The molecule has 0 aromatic heterocycles. The second kappa shape index (κ2) is 5.54. The first-order valence-electron chi connectivity index (χ1n) is 9.38. The number of hydrogen-bond donors (Lipinski definition) is 2. The van der Waals surface area contributed by atoms with Gasteiger partial charge in [0.05, 0.1) is 12.2 Å². The van der Waals surface area contributed by atoms with Crippen LogP contribution < -0.4 is 0 Å². The van der Waals surface area contributed by atoms with E-state index in [0.29, 0.717) is 6.42 Å². The van der Waals surface area contributed by atoms with E-state index in [-0.39, 0.29) is 34.9 Å². The van der Waals surface area contributed by atoms with Crippen molar-refractivity contribution in [3.8, 4) is 0 Å². The summed E-state index contributed by atoms with van der Waals surface area (Å²) in [6, 6.07) is 0. The zero-order valence-electron chi connectivity index (χ0n) is 15.5. The molecule has 0 spiro atoms. The number of aliphatic hydroxyl groups is 2. The molecule has 2 N–H and O–H groups in total. The van der Waals surface area contributed by atoms with E-state index in [1.165, 1.54) is 5.57 Å². The van der Waals surface area contributed by atoms with Crippen molar-refractivity contribution in [3.05, 3.63) is 24.3 Å². The SMILES string of the molecule is C=C[C@@]1(C)C=C2CC[C@@H]3[C@@](C)([C@H](O)CC(=O)[C@@]3(C)CC)[C@H]2C[C@H]1O. The van der Waals surface area contributed by atoms with Crippen molar-refractivity contribution in [1.82, 2.24) is 0 Å². The lowest BCUT2D eigenvalue weighted by Crippen LogP contribution is -2.62. The van der Waals surface area contributed by atoms with Gasteiger partial charge in [-0.3, -0.25) is 4.79 Å². The highest BCUT2D eigenvalue weighted by atomic mass is 16.3. The summed E-state index contributed by atoms with van der Waals surface area (Å²) < 4.78 is 0. The van der Waals surface area contributed by atoms with E-state index in [2.05, 4.69) is 33.4 Å². The minimum atomic E-state index is -0.622. The molecule has 0 saturated heterocycles. The predicted octanol–water partition coefficient (Wildman–Crippen LogP) is 3.65. The fraction of sp³-hybridized carbons (Fsp3) is 0.762. The lowest BCUT2D eigenvalue weighted by Gasteiger charge is -2.61. The average Bonchev–Trinajstić information content (AvgIpc) is 2.55. The molecule has 0 amide bonds. The van der Waals surface area contributed by atoms with Crippen LogP contribution in [0.4, 0.5) is 0 Å². The Hall–Kier alpha value is -0.930. The first-order valence-corrected chi connectivity index (χ1v) is 9.38. The summed E-state index contributed by atoms with van der Waals surface area (Å²) in [4.78, 5) is 12.7. The zero-order valence-corrected chi connectivity index (χ0v) is 15.5. The molecular weight excluding hydrogens is 300 g/mol. The Balaban J connectivity index is 2.08. The van der Waals surface area contributed by atoms with E-state index in [1.807, 2.05) is 13.0 Å². The van der Waals surface area contributed by atoms with Gasteiger partial charge in [0.1, 0.15) is 5.78 Å². The minimum absolute atomic E-state index is 0.147. The van der Waals surface area contributed by atoms with Gasteiger partial charge in [0.15, 0.2) is 0 Å². The summed E-state index contributed by atoms with van der Waals surface area (Å²) in [6.07, 6.45) is 6.52. The van der Waals surface area contributed by atoms with Crippen LogP contribution >= 0.6 is 0 Å². The zero-order chi connectivity index (χ0) is 17.9. The van der Waals surface area contributed by atoms with Gasteiger partial charge in [0.25, 0.3) is 0 Å². The second-order valence-electron chi connectivity index (χ2n) is 8.96. The second-order valence-corrected chi connectivity index (χ2v) is 8.96. The third-order valence-corrected chi connectivity index (χ3v) is 8.02. The first-order chi connectivity index (χ1) is 11.1. The van der Waals surface area contributed by atoms with Crippen LogP contribution in [0.15, 0.2) is 24.3 Å². The molecule has 0 radical (unpaired) electrons. The van der Waals surface area contributed by atoms with Gasteiger partial charge in [-0.05, 0) is 37.5 Å². The number of Topliss-reactive ketones (excluding diaryl/α,β-unsaturated/α-hetero) is 1. The van der Waals surface area contributed by atoms with Crippen LogP contribution in [0.2, 0.25) is 0 Å². The molecule has 3 aliphatic rings. The van der Waals surface area contributed by atoms with Gasteiger partial charge in [-0.2, -0.15) is 0 Å². The van der Waals surface area contributed by atoms with Crippen molar-refractivity contribution in [3.63, 3.8) is 0 Å². The quantitative estimate of drug-likeness (QED) is 0.759. The summed E-state index contributed by atoms with van der Waals surface area (Å²) in [5.41, 5.74) is 0.252. The van der Waals surface area contributed by atoms with E-state index in [4.69, 9.17) is 0 Å². The van der Waals surface area contributed by atoms with Gasteiger partial charge in [-0.1, -0.05) is 45.4 Å². The van der Waals surface area contributed by atoms with Gasteiger partial charge in [0, 0.05) is 22.7 Å². The van der Waals surface area contributed by atoms with Crippen LogP contribution in [0.5, 0.6) is 0 Å². The fourth-order valence-electron chi connectivity index (χ4n) is 5.92. The Morgan fingerprint density at radius 3 is 2.54 bits per heavy atom. The summed E-state index contributed by atoms with van der Waals surface area (Å²) in [5.74, 6) is 0.529.